The maximum atomic E-state index is 4.23. The Morgan fingerprint density at radius 3 is 2.76 bits per heavy atom. The normalized spacial score (nSPS) is 28.8. The number of aromatic nitrogens is 1. The Morgan fingerprint density at radius 2 is 2.06 bits per heavy atom. The van der Waals surface area contributed by atoms with Gasteiger partial charge in [-0.15, -0.1) is 0 Å². The zero-order chi connectivity index (χ0) is 12.3. The van der Waals surface area contributed by atoms with Crippen LogP contribution in [0.1, 0.15) is 33.1 Å². The van der Waals surface area contributed by atoms with Crippen molar-refractivity contribution in [2.24, 2.45) is 11.8 Å². The lowest BCUT2D eigenvalue weighted by Gasteiger charge is -2.33. The first-order valence-electron chi connectivity index (χ1n) is 6.59. The second-order valence-electron chi connectivity index (χ2n) is 5.29. The smallest absolute Gasteiger partial charge is 0.127 e. The summed E-state index contributed by atoms with van der Waals surface area (Å²) in [5.41, 5.74) is 1.18. The highest BCUT2D eigenvalue weighted by Crippen LogP contribution is 2.31. The van der Waals surface area contributed by atoms with E-state index in [1.165, 1.54) is 24.9 Å². The number of rotatable bonds is 3. The van der Waals surface area contributed by atoms with Gasteiger partial charge in [0.25, 0.3) is 0 Å². The van der Waals surface area contributed by atoms with E-state index < -0.39 is 0 Å². The molecule has 3 atom stereocenters. The van der Waals surface area contributed by atoms with Crippen molar-refractivity contribution in [2.45, 2.75) is 39.2 Å². The lowest BCUT2D eigenvalue weighted by molar-refractivity contribution is 0.261. The minimum atomic E-state index is 0.619. The van der Waals surface area contributed by atoms with Crippen molar-refractivity contribution in [1.29, 1.82) is 0 Å². The van der Waals surface area contributed by atoms with E-state index in [-0.39, 0.29) is 0 Å². The molecule has 0 spiro atoms. The summed E-state index contributed by atoms with van der Waals surface area (Å²) in [5.74, 6) is 2.62. The molecule has 17 heavy (non-hydrogen) atoms. The Bertz CT molecular complexity index is 364. The van der Waals surface area contributed by atoms with Crippen molar-refractivity contribution in [3.63, 3.8) is 0 Å². The molecule has 0 bridgehead atoms. The lowest BCUT2D eigenvalue weighted by Crippen LogP contribution is -2.30. The van der Waals surface area contributed by atoms with Crippen LogP contribution in [0.15, 0.2) is 18.3 Å². The molecule has 1 aliphatic carbocycles. The van der Waals surface area contributed by atoms with Crippen molar-refractivity contribution in [2.75, 3.05) is 17.7 Å². The van der Waals surface area contributed by atoms with E-state index in [1.807, 2.05) is 19.3 Å². The molecule has 94 valence electrons. The van der Waals surface area contributed by atoms with E-state index in [1.54, 1.807) is 0 Å². The van der Waals surface area contributed by atoms with Gasteiger partial charge >= 0.3 is 0 Å². The van der Waals surface area contributed by atoms with E-state index in [2.05, 4.69) is 35.5 Å². The topological polar surface area (TPSA) is 37.0 Å². The third-order valence-electron chi connectivity index (χ3n) is 3.99. The second-order valence-corrected chi connectivity index (χ2v) is 5.29. The molecular formula is C14H23N3. The second kappa shape index (κ2) is 5.39. The molecule has 1 saturated carbocycles. The van der Waals surface area contributed by atoms with Crippen molar-refractivity contribution < 1.29 is 0 Å². The zero-order valence-corrected chi connectivity index (χ0v) is 11.0. The molecule has 1 aromatic heterocycles. The molecule has 1 fully saturated rings. The first-order chi connectivity index (χ1) is 8.19. The van der Waals surface area contributed by atoms with Crippen LogP contribution in [0.3, 0.4) is 0 Å². The summed E-state index contributed by atoms with van der Waals surface area (Å²) in [6, 6.07) is 4.74. The summed E-state index contributed by atoms with van der Waals surface area (Å²) in [5, 5.41) is 6.70. The Balaban J connectivity index is 1.96. The summed E-state index contributed by atoms with van der Waals surface area (Å²) < 4.78 is 0. The Labute approximate surface area is 104 Å². The molecule has 0 aromatic carbocycles. The summed E-state index contributed by atoms with van der Waals surface area (Å²) >= 11 is 0. The zero-order valence-electron chi connectivity index (χ0n) is 11.0. The highest BCUT2D eigenvalue weighted by molar-refractivity contribution is 5.52. The first-order valence-corrected chi connectivity index (χ1v) is 6.59. The predicted molar refractivity (Wildman–Crippen MR) is 73.4 cm³/mol. The SMILES string of the molecule is CNc1cc(NC2CCC(C)C(C)C2)ccn1. The van der Waals surface area contributed by atoms with Gasteiger partial charge in [0, 0.05) is 31.0 Å². The summed E-state index contributed by atoms with van der Waals surface area (Å²) in [6.07, 6.45) is 5.74. The molecule has 2 N–H and O–H groups in total. The number of pyridine rings is 1. The standard InChI is InChI=1S/C14H23N3/c1-10-4-5-12(8-11(10)2)17-13-6-7-16-14(9-13)15-3/h6-7,9-12H,4-5,8H2,1-3H3,(H2,15,16,17). The number of nitrogens with one attached hydrogen (secondary N) is 2. The summed E-state index contributed by atoms with van der Waals surface area (Å²) in [4.78, 5) is 4.23. The van der Waals surface area contributed by atoms with Crippen molar-refractivity contribution in [1.82, 2.24) is 4.98 Å². The molecule has 0 saturated heterocycles. The average Bonchev–Trinajstić information content (AvgIpc) is 2.34. The molecular weight excluding hydrogens is 210 g/mol. The molecule has 0 radical (unpaired) electrons. The minimum Gasteiger partial charge on any atom is -0.382 e. The van der Waals surface area contributed by atoms with Gasteiger partial charge in [-0.25, -0.2) is 4.98 Å². The van der Waals surface area contributed by atoms with E-state index in [4.69, 9.17) is 0 Å². The highest BCUT2D eigenvalue weighted by Gasteiger charge is 2.24. The predicted octanol–water partition coefficient (Wildman–Crippen LogP) is 3.36. The number of anilines is 2. The summed E-state index contributed by atoms with van der Waals surface area (Å²) in [7, 11) is 1.90. The molecule has 1 aliphatic rings. The summed E-state index contributed by atoms with van der Waals surface area (Å²) in [6.45, 7) is 4.73. The fourth-order valence-electron chi connectivity index (χ4n) is 2.57. The third-order valence-corrected chi connectivity index (χ3v) is 3.99. The van der Waals surface area contributed by atoms with E-state index >= 15 is 0 Å². The van der Waals surface area contributed by atoms with Gasteiger partial charge in [0.2, 0.25) is 0 Å². The number of nitrogens with zero attached hydrogens (tertiary/aromatic N) is 1. The Hall–Kier alpha value is -1.25. The highest BCUT2D eigenvalue weighted by atomic mass is 15.0. The molecule has 3 nitrogen and oxygen atoms in total. The van der Waals surface area contributed by atoms with Crippen LogP contribution in [0.5, 0.6) is 0 Å². The van der Waals surface area contributed by atoms with Crippen LogP contribution in [-0.4, -0.2) is 18.1 Å². The number of hydrogen-bond acceptors (Lipinski definition) is 3. The molecule has 3 heteroatoms. The molecule has 1 heterocycles. The quantitative estimate of drug-likeness (QED) is 0.840. The fourth-order valence-corrected chi connectivity index (χ4v) is 2.57. The third kappa shape index (κ3) is 3.11. The van der Waals surface area contributed by atoms with E-state index in [9.17, 15) is 0 Å². The van der Waals surface area contributed by atoms with Gasteiger partial charge in [-0.1, -0.05) is 13.8 Å². The van der Waals surface area contributed by atoms with Crippen LogP contribution in [-0.2, 0) is 0 Å². The largest absolute Gasteiger partial charge is 0.382 e. The average molecular weight is 233 g/mol. The number of hydrogen-bond donors (Lipinski definition) is 2. The van der Waals surface area contributed by atoms with Crippen molar-refractivity contribution in [3.05, 3.63) is 18.3 Å². The van der Waals surface area contributed by atoms with Gasteiger partial charge in [-0.05, 0) is 37.2 Å². The minimum absolute atomic E-state index is 0.619. The maximum absolute atomic E-state index is 4.23. The van der Waals surface area contributed by atoms with Crippen molar-refractivity contribution >= 4 is 11.5 Å². The van der Waals surface area contributed by atoms with Crippen LogP contribution in [0, 0.1) is 11.8 Å². The van der Waals surface area contributed by atoms with E-state index in [0.717, 1.165) is 17.7 Å². The van der Waals surface area contributed by atoms with Gasteiger partial charge in [0.05, 0.1) is 0 Å². The van der Waals surface area contributed by atoms with E-state index in [0.29, 0.717) is 6.04 Å². The fraction of sp³-hybridized carbons (Fsp3) is 0.643. The molecule has 3 unspecified atom stereocenters. The molecule has 0 aliphatic heterocycles. The van der Waals surface area contributed by atoms with Crippen LogP contribution < -0.4 is 10.6 Å². The Morgan fingerprint density at radius 1 is 1.24 bits per heavy atom. The van der Waals surface area contributed by atoms with Crippen LogP contribution >= 0.6 is 0 Å². The van der Waals surface area contributed by atoms with Gasteiger partial charge < -0.3 is 10.6 Å². The van der Waals surface area contributed by atoms with Gasteiger partial charge in [-0.2, -0.15) is 0 Å². The molecule has 2 rings (SSSR count). The van der Waals surface area contributed by atoms with Crippen LogP contribution in [0.4, 0.5) is 11.5 Å². The lowest BCUT2D eigenvalue weighted by atomic mass is 9.79. The molecule has 0 amide bonds. The van der Waals surface area contributed by atoms with Gasteiger partial charge in [-0.3, -0.25) is 0 Å². The van der Waals surface area contributed by atoms with Gasteiger partial charge in [0.15, 0.2) is 0 Å². The first kappa shape index (κ1) is 12.2. The maximum Gasteiger partial charge on any atom is 0.127 e. The van der Waals surface area contributed by atoms with Crippen LogP contribution in [0.2, 0.25) is 0 Å². The van der Waals surface area contributed by atoms with Crippen LogP contribution in [0.25, 0.3) is 0 Å². The Kier molecular flexibility index (Phi) is 3.87. The van der Waals surface area contributed by atoms with Gasteiger partial charge in [0.1, 0.15) is 5.82 Å². The van der Waals surface area contributed by atoms with Crippen molar-refractivity contribution in [3.8, 4) is 0 Å². The monoisotopic (exact) mass is 233 g/mol. The molecule has 1 aromatic rings.